The van der Waals surface area contributed by atoms with Gasteiger partial charge < -0.3 is 0 Å². The predicted octanol–water partition coefficient (Wildman–Crippen LogP) is 5.50. The molecule has 5 heteroatoms. The SMILES string of the molecule is CCCc1ccc(-c2cc(F)c(C#CC(F)(F)F)c(F)c2)cc1. The number of hydrogen-bond acceptors (Lipinski definition) is 0. The van der Waals surface area contributed by atoms with Gasteiger partial charge in [-0.3, -0.25) is 0 Å². The van der Waals surface area contributed by atoms with Crippen LogP contribution < -0.4 is 0 Å². The van der Waals surface area contributed by atoms with Crippen LogP contribution in [0.15, 0.2) is 36.4 Å². The number of rotatable bonds is 3. The molecule has 0 aromatic heterocycles. The number of hydrogen-bond donors (Lipinski definition) is 0. The first kappa shape index (κ1) is 17.0. The number of halogens is 5. The van der Waals surface area contributed by atoms with Crippen molar-refractivity contribution < 1.29 is 22.0 Å². The zero-order valence-electron chi connectivity index (χ0n) is 12.3. The van der Waals surface area contributed by atoms with Crippen molar-refractivity contribution in [3.05, 3.63) is 59.2 Å². The summed E-state index contributed by atoms with van der Waals surface area (Å²) in [4.78, 5) is 0. The summed E-state index contributed by atoms with van der Waals surface area (Å²) in [7, 11) is 0. The zero-order chi connectivity index (χ0) is 17.0. The van der Waals surface area contributed by atoms with Gasteiger partial charge in [-0.1, -0.05) is 43.5 Å². The van der Waals surface area contributed by atoms with Crippen LogP contribution in [0.5, 0.6) is 0 Å². The summed E-state index contributed by atoms with van der Waals surface area (Å²) >= 11 is 0. The van der Waals surface area contributed by atoms with Crippen molar-refractivity contribution in [3.63, 3.8) is 0 Å². The van der Waals surface area contributed by atoms with Crippen molar-refractivity contribution in [1.82, 2.24) is 0 Å². The summed E-state index contributed by atoms with van der Waals surface area (Å²) in [6, 6.07) is 9.12. The van der Waals surface area contributed by atoms with Gasteiger partial charge >= 0.3 is 6.18 Å². The van der Waals surface area contributed by atoms with E-state index < -0.39 is 23.4 Å². The molecular formula is C18H13F5. The summed E-state index contributed by atoms with van der Waals surface area (Å²) in [5, 5.41) is 0. The average Bonchev–Trinajstić information content (AvgIpc) is 2.46. The smallest absolute Gasteiger partial charge is 0.205 e. The van der Waals surface area contributed by atoms with Crippen LogP contribution in [0.1, 0.15) is 24.5 Å². The summed E-state index contributed by atoms with van der Waals surface area (Å²) in [6.07, 6.45) is -2.92. The third kappa shape index (κ3) is 4.56. The second-order valence-corrected chi connectivity index (χ2v) is 5.01. The van der Waals surface area contributed by atoms with E-state index in [1.54, 1.807) is 12.1 Å². The first-order valence-electron chi connectivity index (χ1n) is 6.98. The molecule has 0 radical (unpaired) electrons. The Morgan fingerprint density at radius 3 is 1.96 bits per heavy atom. The van der Waals surface area contributed by atoms with E-state index >= 15 is 0 Å². The Morgan fingerprint density at radius 1 is 0.913 bits per heavy atom. The largest absolute Gasteiger partial charge is 0.458 e. The summed E-state index contributed by atoms with van der Waals surface area (Å²) < 4.78 is 63.8. The maximum Gasteiger partial charge on any atom is 0.458 e. The Kier molecular flexibility index (Phi) is 5.05. The Balaban J connectivity index is 2.37. The van der Waals surface area contributed by atoms with Gasteiger partial charge in [0.15, 0.2) is 0 Å². The topological polar surface area (TPSA) is 0 Å². The van der Waals surface area contributed by atoms with E-state index in [2.05, 4.69) is 0 Å². The van der Waals surface area contributed by atoms with E-state index in [1.165, 1.54) is 5.92 Å². The Bertz CT molecular complexity index is 723. The highest BCUT2D eigenvalue weighted by molar-refractivity contribution is 5.65. The van der Waals surface area contributed by atoms with E-state index in [4.69, 9.17) is 0 Å². The normalized spacial score (nSPS) is 11.0. The average molecular weight is 324 g/mol. The molecule has 2 aromatic rings. The fraction of sp³-hybridized carbons (Fsp3) is 0.222. The summed E-state index contributed by atoms with van der Waals surface area (Å²) in [6.45, 7) is 2.04. The third-order valence-electron chi connectivity index (χ3n) is 3.20. The molecule has 0 spiro atoms. The molecule has 0 bridgehead atoms. The van der Waals surface area contributed by atoms with Crippen LogP contribution in [0.25, 0.3) is 11.1 Å². The lowest BCUT2D eigenvalue weighted by molar-refractivity contribution is -0.0696. The lowest BCUT2D eigenvalue weighted by Gasteiger charge is -2.06. The molecule has 23 heavy (non-hydrogen) atoms. The molecule has 0 nitrogen and oxygen atoms in total. The van der Waals surface area contributed by atoms with E-state index in [1.807, 2.05) is 19.1 Å². The number of benzene rings is 2. The molecule has 0 aliphatic carbocycles. The number of alkyl halides is 3. The van der Waals surface area contributed by atoms with Gasteiger partial charge in [0, 0.05) is 5.92 Å². The predicted molar refractivity (Wildman–Crippen MR) is 78.7 cm³/mol. The molecule has 0 unspecified atom stereocenters. The second-order valence-electron chi connectivity index (χ2n) is 5.01. The van der Waals surface area contributed by atoms with Crippen LogP contribution in [0.4, 0.5) is 22.0 Å². The molecule has 120 valence electrons. The molecule has 0 aliphatic rings. The van der Waals surface area contributed by atoms with Crippen LogP contribution >= 0.6 is 0 Å². The van der Waals surface area contributed by atoms with E-state index in [0.717, 1.165) is 36.5 Å². The first-order valence-corrected chi connectivity index (χ1v) is 6.98. The molecule has 0 heterocycles. The van der Waals surface area contributed by atoms with Crippen molar-refractivity contribution in [3.8, 4) is 23.0 Å². The highest BCUT2D eigenvalue weighted by atomic mass is 19.4. The van der Waals surface area contributed by atoms with Gasteiger partial charge in [0.2, 0.25) is 0 Å². The minimum absolute atomic E-state index is 0.251. The second kappa shape index (κ2) is 6.82. The quantitative estimate of drug-likeness (QED) is 0.517. The van der Waals surface area contributed by atoms with Gasteiger partial charge in [-0.05, 0) is 35.2 Å². The van der Waals surface area contributed by atoms with Gasteiger partial charge in [0.25, 0.3) is 0 Å². The van der Waals surface area contributed by atoms with Crippen LogP contribution in [-0.4, -0.2) is 6.18 Å². The summed E-state index contributed by atoms with van der Waals surface area (Å²) in [5.41, 5.74) is 1.05. The first-order chi connectivity index (χ1) is 10.8. The lowest BCUT2D eigenvalue weighted by atomic mass is 10.0. The fourth-order valence-electron chi connectivity index (χ4n) is 2.15. The Labute approximate surface area is 131 Å². The van der Waals surface area contributed by atoms with Gasteiger partial charge in [0.05, 0.1) is 5.56 Å². The van der Waals surface area contributed by atoms with Crippen molar-refractivity contribution in [1.29, 1.82) is 0 Å². The molecule has 0 N–H and O–H groups in total. The molecule has 0 amide bonds. The van der Waals surface area contributed by atoms with Crippen LogP contribution in [0, 0.1) is 23.5 Å². The van der Waals surface area contributed by atoms with Crippen molar-refractivity contribution in [2.75, 3.05) is 0 Å². The third-order valence-corrected chi connectivity index (χ3v) is 3.20. The van der Waals surface area contributed by atoms with Crippen LogP contribution in [-0.2, 0) is 6.42 Å². The molecular weight excluding hydrogens is 311 g/mol. The van der Waals surface area contributed by atoms with Gasteiger partial charge in [-0.25, -0.2) is 8.78 Å². The lowest BCUT2D eigenvalue weighted by Crippen LogP contribution is -2.02. The molecule has 0 saturated carbocycles. The van der Waals surface area contributed by atoms with Gasteiger partial charge in [-0.2, -0.15) is 13.2 Å². The van der Waals surface area contributed by atoms with Gasteiger partial charge in [0.1, 0.15) is 11.6 Å². The van der Waals surface area contributed by atoms with E-state index in [-0.39, 0.29) is 5.56 Å². The van der Waals surface area contributed by atoms with Crippen molar-refractivity contribution in [2.24, 2.45) is 0 Å². The van der Waals surface area contributed by atoms with Gasteiger partial charge in [-0.15, -0.1) is 0 Å². The Hall–Kier alpha value is -2.35. The minimum Gasteiger partial charge on any atom is -0.205 e. The zero-order valence-corrected chi connectivity index (χ0v) is 12.3. The maximum atomic E-state index is 13.9. The number of aryl methyl sites for hydroxylation is 1. The van der Waals surface area contributed by atoms with E-state index in [0.29, 0.717) is 5.56 Å². The van der Waals surface area contributed by atoms with Crippen LogP contribution in [0.3, 0.4) is 0 Å². The molecule has 0 atom stereocenters. The standard InChI is InChI=1S/C18H13F5/c1-2-3-12-4-6-13(7-5-12)14-10-16(19)15(17(20)11-14)8-9-18(21,22)23/h4-7,10-11H,2-3H2,1H3. The van der Waals surface area contributed by atoms with E-state index in [9.17, 15) is 22.0 Å². The monoisotopic (exact) mass is 324 g/mol. The highest BCUT2D eigenvalue weighted by Gasteiger charge is 2.23. The fourth-order valence-corrected chi connectivity index (χ4v) is 2.15. The molecule has 2 rings (SSSR count). The minimum atomic E-state index is -4.80. The maximum absolute atomic E-state index is 13.9. The molecule has 0 fully saturated rings. The molecule has 0 saturated heterocycles. The summed E-state index contributed by atoms with van der Waals surface area (Å²) in [5.74, 6) is 0.139. The molecule has 2 aromatic carbocycles. The van der Waals surface area contributed by atoms with Crippen molar-refractivity contribution >= 4 is 0 Å². The molecule has 0 aliphatic heterocycles. The van der Waals surface area contributed by atoms with Crippen molar-refractivity contribution in [2.45, 2.75) is 25.9 Å². The van der Waals surface area contributed by atoms with Crippen LogP contribution in [0.2, 0.25) is 0 Å². The highest BCUT2D eigenvalue weighted by Crippen LogP contribution is 2.25. The Morgan fingerprint density at radius 2 is 1.48 bits per heavy atom.